The standard InChI is InChI=1S/C22H34N4O3/c1-15-10-9-13-26(15)19(27)18(21(2,3)4)23-20(28)24-22(5,6)14-16-11-7-8-12-17(16)25-29/h7-8,11-12,15,18H,9-10,13-14H2,1-6H3,(H2,23,24,28). The van der Waals surface area contributed by atoms with Crippen molar-refractivity contribution in [2.24, 2.45) is 10.6 Å². The summed E-state index contributed by atoms with van der Waals surface area (Å²) in [6.45, 7) is 12.4. The van der Waals surface area contributed by atoms with Gasteiger partial charge in [0.25, 0.3) is 0 Å². The summed E-state index contributed by atoms with van der Waals surface area (Å²) in [7, 11) is 0. The molecule has 7 heteroatoms. The van der Waals surface area contributed by atoms with Gasteiger partial charge in [-0.2, -0.15) is 0 Å². The van der Waals surface area contributed by atoms with Gasteiger partial charge in [0, 0.05) is 18.1 Å². The van der Waals surface area contributed by atoms with E-state index in [1.807, 2.05) is 58.6 Å². The van der Waals surface area contributed by atoms with Crippen LogP contribution in [-0.4, -0.2) is 41.0 Å². The number of benzene rings is 1. The highest BCUT2D eigenvalue weighted by molar-refractivity contribution is 5.88. The van der Waals surface area contributed by atoms with Crippen LogP contribution in [-0.2, 0) is 11.2 Å². The second kappa shape index (κ2) is 8.93. The normalized spacial score (nSPS) is 18.3. The summed E-state index contributed by atoms with van der Waals surface area (Å²) in [4.78, 5) is 38.8. The molecule has 2 unspecified atom stereocenters. The zero-order valence-corrected chi connectivity index (χ0v) is 18.4. The fourth-order valence-electron chi connectivity index (χ4n) is 3.82. The summed E-state index contributed by atoms with van der Waals surface area (Å²) < 4.78 is 0. The Kier molecular flexibility index (Phi) is 7.03. The molecule has 0 bridgehead atoms. The predicted molar refractivity (Wildman–Crippen MR) is 115 cm³/mol. The van der Waals surface area contributed by atoms with Gasteiger partial charge in [0.1, 0.15) is 11.7 Å². The van der Waals surface area contributed by atoms with E-state index in [-0.39, 0.29) is 11.9 Å². The quantitative estimate of drug-likeness (QED) is 0.701. The molecule has 1 heterocycles. The molecule has 3 amide bonds. The summed E-state index contributed by atoms with van der Waals surface area (Å²) in [5.41, 5.74) is 0.0855. The first-order chi connectivity index (χ1) is 13.4. The van der Waals surface area contributed by atoms with Crippen molar-refractivity contribution in [2.45, 2.75) is 78.4 Å². The summed E-state index contributed by atoms with van der Waals surface area (Å²) in [6.07, 6.45) is 2.43. The van der Waals surface area contributed by atoms with E-state index in [1.54, 1.807) is 12.1 Å². The number of nitrogens with one attached hydrogen (secondary N) is 2. The third kappa shape index (κ3) is 6.02. The fraction of sp³-hybridized carbons (Fsp3) is 0.636. The first-order valence-corrected chi connectivity index (χ1v) is 10.2. The Morgan fingerprint density at radius 1 is 1.21 bits per heavy atom. The molecule has 0 radical (unpaired) electrons. The first-order valence-electron chi connectivity index (χ1n) is 10.2. The Hall–Kier alpha value is -2.44. The maximum atomic E-state index is 13.1. The van der Waals surface area contributed by atoms with Gasteiger partial charge in [0.05, 0.1) is 0 Å². The Morgan fingerprint density at radius 2 is 1.86 bits per heavy atom. The molecule has 0 aliphatic carbocycles. The summed E-state index contributed by atoms with van der Waals surface area (Å²) in [5.74, 6) is -0.0362. The van der Waals surface area contributed by atoms with Crippen molar-refractivity contribution in [2.75, 3.05) is 6.54 Å². The van der Waals surface area contributed by atoms with Crippen molar-refractivity contribution in [3.63, 3.8) is 0 Å². The number of rotatable bonds is 6. The molecule has 2 N–H and O–H groups in total. The van der Waals surface area contributed by atoms with E-state index >= 15 is 0 Å². The zero-order valence-electron chi connectivity index (χ0n) is 18.4. The average molecular weight is 403 g/mol. The summed E-state index contributed by atoms with van der Waals surface area (Å²) in [6, 6.07) is 6.26. The lowest BCUT2D eigenvalue weighted by Crippen LogP contribution is -2.59. The van der Waals surface area contributed by atoms with Crippen molar-refractivity contribution < 1.29 is 9.59 Å². The molecule has 7 nitrogen and oxygen atoms in total. The van der Waals surface area contributed by atoms with Crippen LogP contribution in [0, 0.1) is 10.3 Å². The Labute approximate surface area is 173 Å². The average Bonchev–Trinajstić information content (AvgIpc) is 3.04. The molecular weight excluding hydrogens is 368 g/mol. The molecule has 29 heavy (non-hydrogen) atoms. The van der Waals surface area contributed by atoms with E-state index in [4.69, 9.17) is 0 Å². The van der Waals surface area contributed by atoms with Crippen LogP contribution in [0.5, 0.6) is 0 Å². The van der Waals surface area contributed by atoms with E-state index in [9.17, 15) is 14.5 Å². The van der Waals surface area contributed by atoms with Crippen molar-refractivity contribution in [3.8, 4) is 0 Å². The highest BCUT2D eigenvalue weighted by atomic mass is 16.3. The van der Waals surface area contributed by atoms with Crippen LogP contribution >= 0.6 is 0 Å². The van der Waals surface area contributed by atoms with Gasteiger partial charge in [-0.3, -0.25) is 4.79 Å². The predicted octanol–water partition coefficient (Wildman–Crippen LogP) is 4.13. The molecule has 1 aliphatic rings. The lowest BCUT2D eigenvalue weighted by molar-refractivity contribution is -0.136. The topological polar surface area (TPSA) is 90.9 Å². The van der Waals surface area contributed by atoms with E-state index < -0.39 is 23.0 Å². The van der Waals surface area contributed by atoms with Crippen LogP contribution in [0.25, 0.3) is 0 Å². The van der Waals surface area contributed by atoms with Gasteiger partial charge in [-0.1, -0.05) is 39.0 Å². The number of nitroso groups, excluding NO2 is 1. The molecule has 160 valence electrons. The maximum Gasteiger partial charge on any atom is 0.315 e. The van der Waals surface area contributed by atoms with Crippen molar-refractivity contribution in [1.29, 1.82) is 0 Å². The third-order valence-corrected chi connectivity index (χ3v) is 5.40. The number of amides is 3. The molecule has 1 fully saturated rings. The minimum atomic E-state index is -0.628. The van der Waals surface area contributed by atoms with Crippen molar-refractivity contribution >= 4 is 17.6 Å². The fourth-order valence-corrected chi connectivity index (χ4v) is 3.82. The number of likely N-dealkylation sites (tertiary alicyclic amines) is 1. The molecule has 1 saturated heterocycles. The van der Waals surface area contributed by atoms with Crippen molar-refractivity contribution in [1.82, 2.24) is 15.5 Å². The number of urea groups is 1. The molecule has 0 spiro atoms. The molecule has 0 saturated carbocycles. The number of hydrogen-bond acceptors (Lipinski definition) is 4. The summed E-state index contributed by atoms with van der Waals surface area (Å²) in [5, 5.41) is 8.91. The van der Waals surface area contributed by atoms with Gasteiger partial charge in [-0.25, -0.2) is 4.79 Å². The highest BCUT2D eigenvalue weighted by Gasteiger charge is 2.39. The second-order valence-corrected chi connectivity index (χ2v) is 9.70. The van der Waals surface area contributed by atoms with Gasteiger partial charge in [-0.15, -0.1) is 4.91 Å². The van der Waals surface area contributed by atoms with E-state index in [0.29, 0.717) is 12.1 Å². The largest absolute Gasteiger partial charge is 0.338 e. The van der Waals surface area contributed by atoms with Gasteiger partial charge in [-0.05, 0) is 62.3 Å². The SMILES string of the molecule is CC1CCCN1C(=O)C(NC(=O)NC(C)(C)Cc1ccccc1N=O)C(C)(C)C. The first kappa shape index (κ1) is 22.8. The monoisotopic (exact) mass is 402 g/mol. The smallest absolute Gasteiger partial charge is 0.315 e. The van der Waals surface area contributed by atoms with Gasteiger partial charge >= 0.3 is 6.03 Å². The third-order valence-electron chi connectivity index (χ3n) is 5.40. The molecule has 2 rings (SSSR count). The maximum absolute atomic E-state index is 13.1. The van der Waals surface area contributed by atoms with Crippen LogP contribution < -0.4 is 10.6 Å². The van der Waals surface area contributed by atoms with Crippen LogP contribution in [0.3, 0.4) is 0 Å². The minimum absolute atomic E-state index is 0.0362. The van der Waals surface area contributed by atoms with Crippen LogP contribution in [0.4, 0.5) is 10.5 Å². The van der Waals surface area contributed by atoms with Gasteiger partial charge in [0.2, 0.25) is 5.91 Å². The highest BCUT2D eigenvalue weighted by Crippen LogP contribution is 2.26. The molecule has 2 atom stereocenters. The lowest BCUT2D eigenvalue weighted by Gasteiger charge is -2.36. The molecule has 1 aliphatic heterocycles. The lowest BCUT2D eigenvalue weighted by atomic mass is 9.85. The van der Waals surface area contributed by atoms with E-state index in [1.165, 1.54) is 0 Å². The van der Waals surface area contributed by atoms with Gasteiger partial charge in [0.15, 0.2) is 0 Å². The Balaban J connectivity index is 2.08. The molecule has 1 aromatic rings. The number of nitrogens with zero attached hydrogens (tertiary/aromatic N) is 2. The molecule has 1 aromatic carbocycles. The Morgan fingerprint density at radius 3 is 2.41 bits per heavy atom. The summed E-state index contributed by atoms with van der Waals surface area (Å²) >= 11 is 0. The second-order valence-electron chi connectivity index (χ2n) is 9.70. The van der Waals surface area contributed by atoms with Crippen LogP contribution in [0.1, 0.15) is 59.9 Å². The zero-order chi connectivity index (χ0) is 21.8. The molecular formula is C22H34N4O3. The number of hydrogen-bond donors (Lipinski definition) is 2. The van der Waals surface area contributed by atoms with Crippen LogP contribution in [0.2, 0.25) is 0 Å². The van der Waals surface area contributed by atoms with Crippen molar-refractivity contribution in [3.05, 3.63) is 34.7 Å². The number of carbonyl (C=O) groups excluding carboxylic acids is 2. The number of carbonyl (C=O) groups is 2. The van der Waals surface area contributed by atoms with E-state index in [2.05, 4.69) is 15.8 Å². The molecule has 0 aromatic heterocycles. The van der Waals surface area contributed by atoms with Gasteiger partial charge < -0.3 is 15.5 Å². The van der Waals surface area contributed by atoms with Crippen LogP contribution in [0.15, 0.2) is 29.4 Å². The minimum Gasteiger partial charge on any atom is -0.338 e. The Bertz CT molecular complexity index is 755. The van der Waals surface area contributed by atoms with E-state index in [0.717, 1.165) is 24.9 Å².